The van der Waals surface area contributed by atoms with Crippen molar-refractivity contribution in [2.24, 2.45) is 0 Å². The van der Waals surface area contributed by atoms with E-state index in [0.717, 1.165) is 6.07 Å². The molecule has 90 valence electrons. The summed E-state index contributed by atoms with van der Waals surface area (Å²) < 4.78 is 48.0. The summed E-state index contributed by atoms with van der Waals surface area (Å²) in [6.45, 7) is 0. The van der Waals surface area contributed by atoms with E-state index in [1.54, 1.807) is 0 Å². The van der Waals surface area contributed by atoms with E-state index in [9.17, 15) is 17.2 Å². The SMILES string of the molecule is O=S(=O)(Cl)c1nc(-c2cccc(F)c2F)n[nH]1. The van der Waals surface area contributed by atoms with E-state index in [1.165, 1.54) is 12.1 Å². The molecule has 0 atom stereocenters. The zero-order valence-electron chi connectivity index (χ0n) is 7.99. The first-order chi connectivity index (χ1) is 7.89. The van der Waals surface area contributed by atoms with Crippen molar-refractivity contribution in [2.75, 3.05) is 0 Å². The van der Waals surface area contributed by atoms with Gasteiger partial charge in [0.2, 0.25) is 0 Å². The Morgan fingerprint density at radius 3 is 2.59 bits per heavy atom. The maximum absolute atomic E-state index is 13.3. The van der Waals surface area contributed by atoms with Gasteiger partial charge in [0.1, 0.15) is 0 Å². The van der Waals surface area contributed by atoms with Crippen molar-refractivity contribution in [2.45, 2.75) is 5.16 Å². The molecule has 0 aliphatic carbocycles. The molecule has 0 fully saturated rings. The van der Waals surface area contributed by atoms with Crippen LogP contribution in [0.1, 0.15) is 0 Å². The van der Waals surface area contributed by atoms with Crippen LogP contribution in [0.2, 0.25) is 0 Å². The first-order valence-corrected chi connectivity index (χ1v) is 6.52. The molecule has 5 nitrogen and oxygen atoms in total. The van der Waals surface area contributed by atoms with Crippen LogP contribution in [-0.2, 0) is 9.05 Å². The zero-order chi connectivity index (χ0) is 12.6. The number of hydrogen-bond donors (Lipinski definition) is 1. The Kier molecular flexibility index (Phi) is 2.84. The van der Waals surface area contributed by atoms with Gasteiger partial charge in [-0.2, -0.15) is 10.1 Å². The lowest BCUT2D eigenvalue weighted by molar-refractivity contribution is 0.510. The van der Waals surface area contributed by atoms with Crippen LogP contribution >= 0.6 is 10.7 Å². The van der Waals surface area contributed by atoms with E-state index in [0.29, 0.717) is 0 Å². The van der Waals surface area contributed by atoms with Gasteiger partial charge in [0.25, 0.3) is 14.2 Å². The third-order valence-corrected chi connectivity index (χ3v) is 2.97. The third-order valence-electron chi connectivity index (χ3n) is 1.89. The fourth-order valence-corrected chi connectivity index (χ4v) is 1.71. The number of benzene rings is 1. The van der Waals surface area contributed by atoms with Crippen LogP contribution in [-0.4, -0.2) is 23.6 Å². The number of aromatic amines is 1. The highest BCUT2D eigenvalue weighted by Crippen LogP contribution is 2.22. The number of nitrogens with one attached hydrogen (secondary N) is 1. The Morgan fingerprint density at radius 1 is 1.29 bits per heavy atom. The van der Waals surface area contributed by atoms with Crippen LogP contribution in [0.3, 0.4) is 0 Å². The molecular formula is C8H4ClF2N3O2S. The van der Waals surface area contributed by atoms with Gasteiger partial charge in [-0.15, -0.1) is 0 Å². The fourth-order valence-electron chi connectivity index (χ4n) is 1.15. The largest absolute Gasteiger partial charge is 0.296 e. The van der Waals surface area contributed by atoms with Gasteiger partial charge >= 0.3 is 0 Å². The van der Waals surface area contributed by atoms with Crippen molar-refractivity contribution in [1.82, 2.24) is 15.2 Å². The number of nitrogens with zero attached hydrogens (tertiary/aromatic N) is 2. The molecule has 0 amide bonds. The summed E-state index contributed by atoms with van der Waals surface area (Å²) in [6, 6.07) is 3.38. The van der Waals surface area contributed by atoms with Gasteiger partial charge in [0.15, 0.2) is 17.5 Å². The molecule has 0 aliphatic heterocycles. The van der Waals surface area contributed by atoms with Crippen LogP contribution in [0.15, 0.2) is 23.4 Å². The Labute approximate surface area is 98.9 Å². The molecule has 0 aliphatic rings. The summed E-state index contributed by atoms with van der Waals surface area (Å²) >= 11 is 0. The quantitative estimate of drug-likeness (QED) is 0.849. The zero-order valence-corrected chi connectivity index (χ0v) is 9.56. The molecule has 2 aromatic rings. The van der Waals surface area contributed by atoms with Crippen LogP contribution in [0.5, 0.6) is 0 Å². The molecule has 1 aromatic heterocycles. The first-order valence-electron chi connectivity index (χ1n) is 4.21. The van der Waals surface area contributed by atoms with Crippen molar-refractivity contribution in [1.29, 1.82) is 0 Å². The number of hydrogen-bond acceptors (Lipinski definition) is 4. The molecule has 0 bridgehead atoms. The van der Waals surface area contributed by atoms with Crippen LogP contribution in [0, 0.1) is 11.6 Å². The molecule has 1 N–H and O–H groups in total. The minimum Gasteiger partial charge on any atom is -0.248 e. The molecule has 2 rings (SSSR count). The van der Waals surface area contributed by atoms with Crippen molar-refractivity contribution in [3.8, 4) is 11.4 Å². The lowest BCUT2D eigenvalue weighted by atomic mass is 10.2. The second-order valence-corrected chi connectivity index (χ2v) is 5.48. The van der Waals surface area contributed by atoms with Gasteiger partial charge in [-0.1, -0.05) is 6.07 Å². The molecule has 9 heteroatoms. The maximum Gasteiger partial charge on any atom is 0.296 e. The summed E-state index contributed by atoms with van der Waals surface area (Å²) in [5, 5.41) is 4.84. The van der Waals surface area contributed by atoms with E-state index in [-0.39, 0.29) is 11.4 Å². The number of aromatic nitrogens is 3. The summed E-state index contributed by atoms with van der Waals surface area (Å²) in [4.78, 5) is 3.46. The van der Waals surface area contributed by atoms with Crippen molar-refractivity contribution in [3.63, 3.8) is 0 Å². The molecule has 17 heavy (non-hydrogen) atoms. The standard InChI is InChI=1S/C8H4ClF2N3O2S/c9-17(15,16)8-12-7(13-14-8)4-2-1-3-5(10)6(4)11/h1-3H,(H,12,13,14). The summed E-state index contributed by atoms with van der Waals surface area (Å²) in [5.74, 6) is -2.53. The highest BCUT2D eigenvalue weighted by molar-refractivity contribution is 8.13. The molecule has 1 heterocycles. The predicted molar refractivity (Wildman–Crippen MR) is 54.8 cm³/mol. The van der Waals surface area contributed by atoms with Gasteiger partial charge in [0, 0.05) is 10.7 Å². The molecule has 0 spiro atoms. The maximum atomic E-state index is 13.3. The molecular weight excluding hydrogens is 276 g/mol. The number of rotatable bonds is 2. The number of H-pyrrole nitrogens is 1. The third kappa shape index (κ3) is 2.27. The van der Waals surface area contributed by atoms with Gasteiger partial charge in [-0.25, -0.2) is 22.3 Å². The highest BCUT2D eigenvalue weighted by atomic mass is 35.7. The van der Waals surface area contributed by atoms with E-state index in [4.69, 9.17) is 10.7 Å². The van der Waals surface area contributed by atoms with Crippen molar-refractivity contribution >= 4 is 19.7 Å². The number of halogens is 3. The summed E-state index contributed by atoms with van der Waals surface area (Å²) in [5.41, 5.74) is -0.257. The van der Waals surface area contributed by atoms with Gasteiger partial charge < -0.3 is 0 Å². The Hall–Kier alpha value is -1.54. The first kappa shape index (κ1) is 11.9. The molecule has 0 unspecified atom stereocenters. The van der Waals surface area contributed by atoms with Gasteiger partial charge in [-0.3, -0.25) is 0 Å². The van der Waals surface area contributed by atoms with Crippen molar-refractivity contribution in [3.05, 3.63) is 29.8 Å². The normalized spacial score (nSPS) is 11.7. The van der Waals surface area contributed by atoms with E-state index in [2.05, 4.69) is 10.1 Å². The summed E-state index contributed by atoms with van der Waals surface area (Å²) in [7, 11) is 0.915. The second-order valence-electron chi connectivity index (χ2n) is 3.00. The highest BCUT2D eigenvalue weighted by Gasteiger charge is 2.19. The smallest absolute Gasteiger partial charge is 0.248 e. The van der Waals surface area contributed by atoms with Crippen molar-refractivity contribution < 1.29 is 17.2 Å². The average Bonchev–Trinajstić information content (AvgIpc) is 2.70. The van der Waals surface area contributed by atoms with Crippen LogP contribution in [0.25, 0.3) is 11.4 Å². The van der Waals surface area contributed by atoms with E-state index in [1.807, 2.05) is 5.10 Å². The van der Waals surface area contributed by atoms with Crippen LogP contribution in [0.4, 0.5) is 8.78 Å². The molecule has 1 aromatic carbocycles. The lowest BCUT2D eigenvalue weighted by Gasteiger charge is -1.97. The molecule has 0 saturated heterocycles. The minimum atomic E-state index is -4.09. The lowest BCUT2D eigenvalue weighted by Crippen LogP contribution is -1.93. The second kappa shape index (κ2) is 4.04. The predicted octanol–water partition coefficient (Wildman–Crippen LogP) is 1.68. The Morgan fingerprint density at radius 2 is 2.00 bits per heavy atom. The Balaban J connectivity index is 2.55. The Bertz CT molecular complexity index is 671. The topological polar surface area (TPSA) is 75.7 Å². The molecule has 0 radical (unpaired) electrons. The van der Waals surface area contributed by atoms with Crippen LogP contribution < -0.4 is 0 Å². The summed E-state index contributed by atoms with van der Waals surface area (Å²) in [6.07, 6.45) is 0. The fraction of sp³-hybridized carbons (Fsp3) is 0. The van der Waals surface area contributed by atoms with E-state index >= 15 is 0 Å². The minimum absolute atomic E-state index is 0.257. The van der Waals surface area contributed by atoms with Gasteiger partial charge in [-0.05, 0) is 12.1 Å². The van der Waals surface area contributed by atoms with Gasteiger partial charge in [0.05, 0.1) is 5.56 Å². The molecule has 0 saturated carbocycles. The average molecular weight is 280 g/mol. The monoisotopic (exact) mass is 279 g/mol. The van der Waals surface area contributed by atoms with E-state index < -0.39 is 25.8 Å².